The van der Waals surface area contributed by atoms with Gasteiger partial charge in [-0.05, 0) is 66.0 Å². The van der Waals surface area contributed by atoms with Crippen molar-refractivity contribution in [2.24, 2.45) is 5.92 Å². The van der Waals surface area contributed by atoms with Gasteiger partial charge in [-0.1, -0.05) is 38.0 Å². The molecule has 0 spiro atoms. The van der Waals surface area contributed by atoms with Crippen molar-refractivity contribution < 1.29 is 35.5 Å². The molecule has 4 rings (SSSR count). The van der Waals surface area contributed by atoms with Gasteiger partial charge in [0.1, 0.15) is 22.9 Å². The lowest BCUT2D eigenvalue weighted by Crippen LogP contribution is -2.25. The van der Waals surface area contributed by atoms with Gasteiger partial charge in [0.05, 0.1) is 0 Å². The summed E-state index contributed by atoms with van der Waals surface area (Å²) < 4.78 is 103. The van der Waals surface area contributed by atoms with Gasteiger partial charge in [-0.25, -0.2) is 22.0 Å². The Labute approximate surface area is 198 Å². The summed E-state index contributed by atoms with van der Waals surface area (Å²) >= 11 is 0. The molecule has 35 heavy (non-hydrogen) atoms. The third-order valence-corrected chi connectivity index (χ3v) is 6.59. The number of aryl methyl sites for hydroxylation is 1. The van der Waals surface area contributed by atoms with Gasteiger partial charge >= 0.3 is 6.11 Å². The largest absolute Gasteiger partial charge is 0.432 e. The summed E-state index contributed by atoms with van der Waals surface area (Å²) in [6.45, 7) is 4.01. The number of halogens is 7. The molecule has 3 aromatic carbocycles. The Morgan fingerprint density at radius 2 is 1.34 bits per heavy atom. The van der Waals surface area contributed by atoms with Crippen molar-refractivity contribution in [1.82, 2.24) is 0 Å². The molecule has 0 N–H and O–H groups in total. The molecule has 0 atom stereocenters. The minimum Gasteiger partial charge on any atom is -0.429 e. The van der Waals surface area contributed by atoms with Crippen molar-refractivity contribution in [3.05, 3.63) is 88.2 Å². The summed E-state index contributed by atoms with van der Waals surface area (Å²) in [6, 6.07) is 7.40. The first-order chi connectivity index (χ1) is 16.5. The van der Waals surface area contributed by atoms with Crippen LogP contribution in [0.15, 0.2) is 42.5 Å². The molecule has 0 radical (unpaired) electrons. The van der Waals surface area contributed by atoms with Crippen molar-refractivity contribution >= 4 is 0 Å². The Morgan fingerprint density at radius 3 is 1.89 bits per heavy atom. The van der Waals surface area contributed by atoms with E-state index in [2.05, 4.69) is 11.7 Å². The fraction of sp³-hybridized carbons (Fsp3) is 0.333. The van der Waals surface area contributed by atoms with Crippen LogP contribution in [-0.2, 0) is 6.11 Å². The van der Waals surface area contributed by atoms with Gasteiger partial charge in [0.25, 0.3) is 0 Å². The predicted octanol–water partition coefficient (Wildman–Crippen LogP) is 8.78. The lowest BCUT2D eigenvalue weighted by atomic mass is 9.79. The van der Waals surface area contributed by atoms with Gasteiger partial charge in [0.2, 0.25) is 0 Å². The SMILES string of the molecule is Cc1cc(C2CCC(C)CC2)ccc1-c1cc(F)c(C(F)(F)Oc2cc(F)c(F)c(F)c2)c(F)c1. The zero-order valence-corrected chi connectivity index (χ0v) is 19.1. The molecule has 1 fully saturated rings. The molecule has 3 aromatic rings. The van der Waals surface area contributed by atoms with E-state index in [0.717, 1.165) is 48.9 Å². The molecule has 1 aliphatic rings. The van der Waals surface area contributed by atoms with Crippen LogP contribution in [-0.4, -0.2) is 0 Å². The van der Waals surface area contributed by atoms with E-state index in [1.165, 1.54) is 0 Å². The third-order valence-electron chi connectivity index (χ3n) is 6.59. The highest BCUT2D eigenvalue weighted by Crippen LogP contribution is 2.40. The molecule has 0 bridgehead atoms. The first-order valence-electron chi connectivity index (χ1n) is 11.3. The van der Waals surface area contributed by atoms with Gasteiger partial charge in [0.15, 0.2) is 17.5 Å². The summed E-state index contributed by atoms with van der Waals surface area (Å²) in [5, 5.41) is 0. The maximum Gasteiger partial charge on any atom is 0.432 e. The minimum atomic E-state index is -4.62. The normalized spacial score (nSPS) is 18.5. The fourth-order valence-electron chi connectivity index (χ4n) is 4.66. The van der Waals surface area contributed by atoms with Crippen LogP contribution in [0.1, 0.15) is 55.2 Å². The van der Waals surface area contributed by atoms with E-state index in [9.17, 15) is 30.7 Å². The van der Waals surface area contributed by atoms with E-state index in [1.54, 1.807) is 13.0 Å². The molecule has 8 heteroatoms. The van der Waals surface area contributed by atoms with Gasteiger partial charge in [-0.3, -0.25) is 0 Å². The number of alkyl halides is 2. The summed E-state index contributed by atoms with van der Waals surface area (Å²) in [5.41, 5.74) is 0.688. The van der Waals surface area contributed by atoms with Crippen molar-refractivity contribution in [2.75, 3.05) is 0 Å². The maximum absolute atomic E-state index is 14.7. The quantitative estimate of drug-likeness (QED) is 0.253. The van der Waals surface area contributed by atoms with Crippen LogP contribution in [0.4, 0.5) is 30.7 Å². The molecular weight excluding hydrogens is 473 g/mol. The van der Waals surface area contributed by atoms with Crippen LogP contribution >= 0.6 is 0 Å². The molecule has 186 valence electrons. The van der Waals surface area contributed by atoms with E-state index in [-0.39, 0.29) is 17.7 Å². The predicted molar refractivity (Wildman–Crippen MR) is 118 cm³/mol. The Balaban J connectivity index is 1.62. The molecule has 1 nitrogen and oxygen atoms in total. The summed E-state index contributed by atoms with van der Waals surface area (Å²) in [6.07, 6.45) is -0.224. The zero-order chi connectivity index (χ0) is 25.5. The summed E-state index contributed by atoms with van der Waals surface area (Å²) in [7, 11) is 0. The Hall–Kier alpha value is -3.03. The molecule has 1 saturated carbocycles. The smallest absolute Gasteiger partial charge is 0.429 e. The van der Waals surface area contributed by atoms with Gasteiger partial charge < -0.3 is 4.74 Å². The topological polar surface area (TPSA) is 9.23 Å². The summed E-state index contributed by atoms with van der Waals surface area (Å²) in [5.74, 6) is -8.68. The van der Waals surface area contributed by atoms with E-state index in [0.29, 0.717) is 17.4 Å². The zero-order valence-electron chi connectivity index (χ0n) is 19.1. The first-order valence-corrected chi connectivity index (χ1v) is 11.3. The highest BCUT2D eigenvalue weighted by molar-refractivity contribution is 5.68. The molecule has 0 saturated heterocycles. The lowest BCUT2D eigenvalue weighted by Gasteiger charge is -2.27. The van der Waals surface area contributed by atoms with Crippen molar-refractivity contribution in [1.29, 1.82) is 0 Å². The van der Waals surface area contributed by atoms with Crippen LogP contribution in [0.5, 0.6) is 5.75 Å². The standard InChI is InChI=1S/C27H23F7O/c1-14-3-5-16(6-4-14)17-7-8-20(15(2)9-17)18-10-21(28)25(22(29)11-18)27(33,34)35-19-12-23(30)26(32)24(31)13-19/h7-14,16H,3-6H2,1-2H3. The molecule has 0 amide bonds. The Bertz CT molecular complexity index is 1200. The minimum absolute atomic E-state index is 0.0553. The summed E-state index contributed by atoms with van der Waals surface area (Å²) in [4.78, 5) is 0. The van der Waals surface area contributed by atoms with Crippen LogP contribution in [0, 0.1) is 41.9 Å². The number of ether oxygens (including phenoxy) is 1. The number of rotatable bonds is 5. The van der Waals surface area contributed by atoms with Crippen LogP contribution in [0.3, 0.4) is 0 Å². The van der Waals surface area contributed by atoms with Crippen LogP contribution < -0.4 is 4.74 Å². The van der Waals surface area contributed by atoms with E-state index >= 15 is 0 Å². The van der Waals surface area contributed by atoms with Gasteiger partial charge in [-0.2, -0.15) is 8.78 Å². The molecule has 0 aliphatic heterocycles. The van der Waals surface area contributed by atoms with Gasteiger partial charge in [0, 0.05) is 12.1 Å². The lowest BCUT2D eigenvalue weighted by molar-refractivity contribution is -0.189. The molecule has 0 unspecified atom stereocenters. The van der Waals surface area contributed by atoms with Crippen LogP contribution in [0.2, 0.25) is 0 Å². The second-order valence-electron chi connectivity index (χ2n) is 9.17. The second kappa shape index (κ2) is 9.55. The van der Waals surface area contributed by atoms with E-state index in [4.69, 9.17) is 0 Å². The molecular formula is C27H23F7O. The number of hydrogen-bond acceptors (Lipinski definition) is 1. The fourth-order valence-corrected chi connectivity index (χ4v) is 4.66. The maximum atomic E-state index is 14.7. The molecule has 0 aromatic heterocycles. The Morgan fingerprint density at radius 1 is 0.771 bits per heavy atom. The monoisotopic (exact) mass is 496 g/mol. The highest BCUT2D eigenvalue weighted by atomic mass is 19.3. The molecule has 0 heterocycles. The highest BCUT2D eigenvalue weighted by Gasteiger charge is 2.41. The molecule has 1 aliphatic carbocycles. The first kappa shape index (κ1) is 25.1. The average Bonchev–Trinajstić information content (AvgIpc) is 2.76. The van der Waals surface area contributed by atoms with Gasteiger partial charge in [-0.15, -0.1) is 0 Å². The van der Waals surface area contributed by atoms with Crippen molar-refractivity contribution in [3.63, 3.8) is 0 Å². The third kappa shape index (κ3) is 5.16. The number of benzene rings is 3. The van der Waals surface area contributed by atoms with E-state index < -0.39 is 46.5 Å². The average molecular weight is 496 g/mol. The van der Waals surface area contributed by atoms with Crippen molar-refractivity contribution in [2.45, 2.75) is 51.6 Å². The number of hydrogen-bond donors (Lipinski definition) is 0. The second-order valence-corrected chi connectivity index (χ2v) is 9.17. The Kier molecular flexibility index (Phi) is 6.84. The van der Waals surface area contributed by atoms with Crippen LogP contribution in [0.25, 0.3) is 11.1 Å². The van der Waals surface area contributed by atoms with E-state index in [1.807, 2.05) is 12.1 Å². The van der Waals surface area contributed by atoms with Crippen molar-refractivity contribution in [3.8, 4) is 16.9 Å².